The van der Waals surface area contributed by atoms with Crippen molar-refractivity contribution in [1.29, 1.82) is 0 Å². The summed E-state index contributed by atoms with van der Waals surface area (Å²) in [5.74, 6) is -2.06. The van der Waals surface area contributed by atoms with Crippen molar-refractivity contribution < 1.29 is 13.9 Å². The Labute approximate surface area is 122 Å². The minimum atomic E-state index is -1.05. The van der Waals surface area contributed by atoms with Gasteiger partial charge >= 0.3 is 0 Å². The van der Waals surface area contributed by atoms with Crippen LogP contribution in [0, 0.1) is 11.6 Å². The number of nitrogens with two attached hydrogens (primary N) is 1. The molecule has 1 aliphatic rings. The van der Waals surface area contributed by atoms with Gasteiger partial charge in [0, 0.05) is 5.56 Å². The SMILES string of the molecule is NC(=S)c1ccc(NC2CCCCCC2O)c(F)c1F. The molecule has 0 saturated heterocycles. The van der Waals surface area contributed by atoms with Gasteiger partial charge in [-0.1, -0.05) is 31.5 Å². The van der Waals surface area contributed by atoms with Crippen LogP contribution in [0.25, 0.3) is 0 Å². The first-order chi connectivity index (χ1) is 9.50. The summed E-state index contributed by atoms with van der Waals surface area (Å²) in [7, 11) is 0. The summed E-state index contributed by atoms with van der Waals surface area (Å²) in [6.45, 7) is 0. The van der Waals surface area contributed by atoms with E-state index >= 15 is 0 Å². The summed E-state index contributed by atoms with van der Waals surface area (Å²) in [6.07, 6.45) is 3.83. The molecule has 0 aliphatic heterocycles. The molecule has 1 saturated carbocycles. The van der Waals surface area contributed by atoms with Crippen LogP contribution in [0.15, 0.2) is 12.1 Å². The number of hydrogen-bond acceptors (Lipinski definition) is 3. The molecule has 1 aliphatic carbocycles. The molecule has 0 radical (unpaired) electrons. The van der Waals surface area contributed by atoms with E-state index < -0.39 is 17.7 Å². The summed E-state index contributed by atoms with van der Waals surface area (Å²) in [5, 5.41) is 12.9. The molecule has 4 N–H and O–H groups in total. The average Bonchev–Trinajstić information content (AvgIpc) is 2.60. The lowest BCUT2D eigenvalue weighted by molar-refractivity contribution is 0.144. The Bertz CT molecular complexity index is 510. The highest BCUT2D eigenvalue weighted by Gasteiger charge is 2.23. The summed E-state index contributed by atoms with van der Waals surface area (Å²) < 4.78 is 27.8. The quantitative estimate of drug-likeness (QED) is 0.593. The Hall–Kier alpha value is -1.27. The van der Waals surface area contributed by atoms with Crippen LogP contribution < -0.4 is 11.1 Å². The van der Waals surface area contributed by atoms with Crippen LogP contribution in [-0.2, 0) is 0 Å². The van der Waals surface area contributed by atoms with Crippen LogP contribution >= 0.6 is 12.2 Å². The van der Waals surface area contributed by atoms with Gasteiger partial charge in [0.1, 0.15) is 4.99 Å². The number of hydrogen-bond donors (Lipinski definition) is 3. The van der Waals surface area contributed by atoms with E-state index in [2.05, 4.69) is 17.5 Å². The van der Waals surface area contributed by atoms with Gasteiger partial charge in [-0.05, 0) is 25.0 Å². The predicted molar refractivity (Wildman–Crippen MR) is 78.7 cm³/mol. The molecule has 0 aromatic heterocycles. The monoisotopic (exact) mass is 300 g/mol. The molecular weight excluding hydrogens is 282 g/mol. The van der Waals surface area contributed by atoms with Crippen molar-refractivity contribution in [3.05, 3.63) is 29.3 Å². The Morgan fingerprint density at radius 3 is 2.60 bits per heavy atom. The van der Waals surface area contributed by atoms with Crippen LogP contribution in [0.4, 0.5) is 14.5 Å². The third kappa shape index (κ3) is 3.24. The maximum absolute atomic E-state index is 14.0. The van der Waals surface area contributed by atoms with E-state index in [4.69, 9.17) is 5.73 Å². The average molecular weight is 300 g/mol. The normalized spacial score (nSPS) is 23.1. The van der Waals surface area contributed by atoms with Crippen LogP contribution in [0.5, 0.6) is 0 Å². The topological polar surface area (TPSA) is 58.3 Å². The Balaban J connectivity index is 2.21. The lowest BCUT2D eigenvalue weighted by Gasteiger charge is -2.23. The number of benzene rings is 1. The van der Waals surface area contributed by atoms with Crippen LogP contribution in [0.3, 0.4) is 0 Å². The van der Waals surface area contributed by atoms with Crippen molar-refractivity contribution >= 4 is 22.9 Å². The van der Waals surface area contributed by atoms with Gasteiger partial charge in [-0.2, -0.15) is 0 Å². The zero-order valence-electron chi connectivity index (χ0n) is 11.0. The second kappa shape index (κ2) is 6.45. The van der Waals surface area contributed by atoms with E-state index in [1.54, 1.807) is 0 Å². The highest BCUT2D eigenvalue weighted by Crippen LogP contribution is 2.25. The van der Waals surface area contributed by atoms with Gasteiger partial charge in [0.2, 0.25) is 0 Å². The molecule has 6 heteroatoms. The third-order valence-electron chi connectivity index (χ3n) is 3.67. The highest BCUT2D eigenvalue weighted by atomic mass is 32.1. The second-order valence-corrected chi connectivity index (χ2v) is 5.55. The molecule has 110 valence electrons. The van der Waals surface area contributed by atoms with Crippen LogP contribution in [0.1, 0.15) is 37.7 Å². The highest BCUT2D eigenvalue weighted by molar-refractivity contribution is 7.80. The summed E-state index contributed by atoms with van der Waals surface area (Å²) in [5.41, 5.74) is 5.25. The van der Waals surface area contributed by atoms with Crippen molar-refractivity contribution in [2.45, 2.75) is 44.2 Å². The summed E-state index contributed by atoms with van der Waals surface area (Å²) in [6, 6.07) is 2.50. The molecule has 1 aromatic rings. The van der Waals surface area contributed by atoms with Gasteiger partial charge in [-0.25, -0.2) is 8.78 Å². The van der Waals surface area contributed by atoms with Crippen molar-refractivity contribution in [3.8, 4) is 0 Å². The van der Waals surface area contributed by atoms with Crippen molar-refractivity contribution in [2.75, 3.05) is 5.32 Å². The van der Waals surface area contributed by atoms with E-state index in [-0.39, 0.29) is 22.3 Å². The Kier molecular flexibility index (Phi) is 4.88. The molecule has 0 bridgehead atoms. The largest absolute Gasteiger partial charge is 0.391 e. The number of aliphatic hydroxyl groups excluding tert-OH is 1. The molecule has 0 amide bonds. The number of rotatable bonds is 3. The molecule has 20 heavy (non-hydrogen) atoms. The summed E-state index contributed by atoms with van der Waals surface area (Å²) in [4.78, 5) is -0.178. The second-order valence-electron chi connectivity index (χ2n) is 5.11. The molecule has 0 spiro atoms. The zero-order valence-corrected chi connectivity index (χ0v) is 11.9. The molecule has 2 unspecified atom stereocenters. The first-order valence-corrected chi connectivity index (χ1v) is 7.14. The first kappa shape index (κ1) is 15.1. The number of anilines is 1. The molecule has 1 fully saturated rings. The molecule has 2 atom stereocenters. The maximum atomic E-state index is 14.0. The number of halogens is 2. The molecule has 3 nitrogen and oxygen atoms in total. The Morgan fingerprint density at radius 2 is 1.90 bits per heavy atom. The van der Waals surface area contributed by atoms with E-state index in [9.17, 15) is 13.9 Å². The lowest BCUT2D eigenvalue weighted by Crippen LogP contribution is -2.33. The number of thiocarbonyl (C=S) groups is 1. The summed E-state index contributed by atoms with van der Waals surface area (Å²) >= 11 is 4.66. The number of nitrogens with one attached hydrogen (secondary N) is 1. The lowest BCUT2D eigenvalue weighted by atomic mass is 10.1. The van der Waals surface area contributed by atoms with Gasteiger partial charge in [-0.15, -0.1) is 0 Å². The van der Waals surface area contributed by atoms with Crippen molar-refractivity contribution in [2.24, 2.45) is 5.73 Å². The van der Waals surface area contributed by atoms with Gasteiger partial charge in [0.05, 0.1) is 17.8 Å². The molecule has 2 rings (SSSR count). The van der Waals surface area contributed by atoms with Crippen LogP contribution in [0.2, 0.25) is 0 Å². The van der Waals surface area contributed by atoms with E-state index in [0.29, 0.717) is 6.42 Å². The first-order valence-electron chi connectivity index (χ1n) is 6.73. The number of aliphatic hydroxyl groups is 1. The molecule has 0 heterocycles. The minimum absolute atomic E-state index is 0.0356. The van der Waals surface area contributed by atoms with Crippen LogP contribution in [-0.4, -0.2) is 22.2 Å². The van der Waals surface area contributed by atoms with Gasteiger partial charge < -0.3 is 16.2 Å². The van der Waals surface area contributed by atoms with Gasteiger partial charge in [-0.3, -0.25) is 0 Å². The fourth-order valence-corrected chi connectivity index (χ4v) is 2.67. The minimum Gasteiger partial charge on any atom is -0.391 e. The van der Waals surface area contributed by atoms with E-state index in [1.165, 1.54) is 12.1 Å². The van der Waals surface area contributed by atoms with E-state index in [0.717, 1.165) is 25.7 Å². The third-order valence-corrected chi connectivity index (χ3v) is 3.89. The van der Waals surface area contributed by atoms with Crippen molar-refractivity contribution in [1.82, 2.24) is 0 Å². The zero-order chi connectivity index (χ0) is 14.7. The van der Waals surface area contributed by atoms with Gasteiger partial charge in [0.15, 0.2) is 11.6 Å². The smallest absolute Gasteiger partial charge is 0.182 e. The van der Waals surface area contributed by atoms with Crippen molar-refractivity contribution in [3.63, 3.8) is 0 Å². The predicted octanol–water partition coefficient (Wildman–Crippen LogP) is 2.70. The Morgan fingerprint density at radius 1 is 1.20 bits per heavy atom. The standard InChI is InChI=1S/C14H18F2N2OS/c15-12-8(14(17)20)6-7-10(13(12)16)18-9-4-2-1-3-5-11(9)19/h6-7,9,11,18-19H,1-5H2,(H2,17,20). The molecule has 1 aromatic carbocycles. The fraction of sp³-hybridized carbons (Fsp3) is 0.500. The molecular formula is C14H18F2N2OS. The fourth-order valence-electron chi connectivity index (χ4n) is 2.51. The van der Waals surface area contributed by atoms with E-state index in [1.807, 2.05) is 0 Å². The van der Waals surface area contributed by atoms with Gasteiger partial charge in [0.25, 0.3) is 0 Å². The maximum Gasteiger partial charge on any atom is 0.182 e.